The van der Waals surface area contributed by atoms with E-state index in [9.17, 15) is 4.79 Å². The van der Waals surface area contributed by atoms with Gasteiger partial charge in [-0.2, -0.15) is 0 Å². The van der Waals surface area contributed by atoms with Crippen LogP contribution in [0.4, 0.5) is 0 Å². The van der Waals surface area contributed by atoms with E-state index in [1.807, 2.05) is 30.3 Å². The molecule has 1 aromatic rings. The Labute approximate surface area is 114 Å². The number of benzene rings is 1. The van der Waals surface area contributed by atoms with Crippen LogP contribution in [0.15, 0.2) is 36.1 Å². The van der Waals surface area contributed by atoms with Crippen LogP contribution >= 0.6 is 0 Å². The van der Waals surface area contributed by atoms with Crippen LogP contribution in [0.5, 0.6) is 0 Å². The monoisotopic (exact) mass is 260 g/mol. The second kappa shape index (κ2) is 6.98. The molecule has 0 N–H and O–H groups in total. The van der Waals surface area contributed by atoms with E-state index in [0.29, 0.717) is 0 Å². The third-order valence-electron chi connectivity index (χ3n) is 3.34. The third kappa shape index (κ3) is 4.12. The van der Waals surface area contributed by atoms with Crippen molar-refractivity contribution in [2.45, 2.75) is 38.2 Å². The van der Waals surface area contributed by atoms with E-state index in [0.717, 1.165) is 31.2 Å². The Bertz CT molecular complexity index is 431. The molecular weight excluding hydrogens is 240 g/mol. The smallest absolute Gasteiger partial charge is 0.373 e. The van der Waals surface area contributed by atoms with Gasteiger partial charge in [0.05, 0.1) is 7.11 Å². The molecule has 2 rings (SSSR count). The molecule has 1 aliphatic carbocycles. The van der Waals surface area contributed by atoms with Crippen LogP contribution in [0, 0.1) is 0 Å². The average molecular weight is 260 g/mol. The molecule has 1 saturated carbocycles. The minimum absolute atomic E-state index is 0.0515. The molecule has 19 heavy (non-hydrogen) atoms. The number of carbonyl (C=O) groups excluding carboxylic acids is 1. The first kappa shape index (κ1) is 13.7. The van der Waals surface area contributed by atoms with Gasteiger partial charge in [0.25, 0.3) is 0 Å². The van der Waals surface area contributed by atoms with Gasteiger partial charge in [-0.05, 0) is 37.3 Å². The predicted molar refractivity (Wildman–Crippen MR) is 74.4 cm³/mol. The normalized spacial score (nSPS) is 17.0. The largest absolute Gasteiger partial charge is 0.490 e. The lowest BCUT2D eigenvalue weighted by molar-refractivity contribution is -0.149. The molecule has 1 aromatic carbocycles. The minimum Gasteiger partial charge on any atom is -0.490 e. The van der Waals surface area contributed by atoms with Gasteiger partial charge in [0.15, 0.2) is 0 Å². The predicted octanol–water partition coefficient (Wildman–Crippen LogP) is 3.55. The zero-order valence-corrected chi connectivity index (χ0v) is 11.3. The Morgan fingerprint density at radius 2 is 1.84 bits per heavy atom. The molecule has 1 aliphatic rings. The fourth-order valence-electron chi connectivity index (χ4n) is 2.29. The Hall–Kier alpha value is -1.77. The van der Waals surface area contributed by atoms with E-state index in [2.05, 4.69) is 0 Å². The maximum absolute atomic E-state index is 12.0. The summed E-state index contributed by atoms with van der Waals surface area (Å²) in [5.41, 5.74) is 0.931. The second-order valence-corrected chi connectivity index (χ2v) is 4.79. The highest BCUT2D eigenvalue weighted by Crippen LogP contribution is 2.21. The second-order valence-electron chi connectivity index (χ2n) is 4.79. The summed E-state index contributed by atoms with van der Waals surface area (Å²) in [4.78, 5) is 12.0. The lowest BCUT2D eigenvalue weighted by atomic mass is 9.98. The van der Waals surface area contributed by atoms with E-state index in [4.69, 9.17) is 9.47 Å². The molecule has 0 radical (unpaired) electrons. The fourth-order valence-corrected chi connectivity index (χ4v) is 2.29. The van der Waals surface area contributed by atoms with Crippen molar-refractivity contribution in [1.29, 1.82) is 0 Å². The van der Waals surface area contributed by atoms with Crippen molar-refractivity contribution in [2.75, 3.05) is 7.11 Å². The number of carbonyl (C=O) groups is 1. The molecule has 1 fully saturated rings. The number of ether oxygens (including phenoxy) is 2. The van der Waals surface area contributed by atoms with E-state index in [1.165, 1.54) is 13.5 Å². The molecule has 0 unspecified atom stereocenters. The lowest BCUT2D eigenvalue weighted by Crippen LogP contribution is -2.22. The van der Waals surface area contributed by atoms with Gasteiger partial charge in [-0.25, -0.2) is 4.79 Å². The zero-order valence-electron chi connectivity index (χ0n) is 11.3. The highest BCUT2D eigenvalue weighted by Gasteiger charge is 2.20. The molecule has 3 heteroatoms. The van der Waals surface area contributed by atoms with E-state index in [1.54, 1.807) is 6.08 Å². The molecule has 0 atom stereocenters. The Morgan fingerprint density at radius 1 is 1.16 bits per heavy atom. The van der Waals surface area contributed by atoms with Crippen molar-refractivity contribution in [3.05, 3.63) is 41.7 Å². The summed E-state index contributed by atoms with van der Waals surface area (Å²) in [5, 5.41) is 0. The molecule has 102 valence electrons. The van der Waals surface area contributed by atoms with Gasteiger partial charge in [-0.15, -0.1) is 0 Å². The van der Waals surface area contributed by atoms with Gasteiger partial charge in [-0.1, -0.05) is 36.8 Å². The number of esters is 1. The molecule has 0 spiro atoms. The number of methoxy groups -OCH3 is 1. The summed E-state index contributed by atoms with van der Waals surface area (Å²) in [7, 11) is 1.50. The van der Waals surface area contributed by atoms with Crippen molar-refractivity contribution < 1.29 is 14.3 Å². The van der Waals surface area contributed by atoms with Crippen LogP contribution in [0.25, 0.3) is 6.08 Å². The number of rotatable bonds is 4. The molecular formula is C16H20O3. The van der Waals surface area contributed by atoms with Crippen molar-refractivity contribution in [3.63, 3.8) is 0 Å². The average Bonchev–Trinajstić information content (AvgIpc) is 2.47. The highest BCUT2D eigenvalue weighted by molar-refractivity contribution is 5.91. The first-order valence-corrected chi connectivity index (χ1v) is 6.81. The topological polar surface area (TPSA) is 35.5 Å². The van der Waals surface area contributed by atoms with Crippen molar-refractivity contribution in [1.82, 2.24) is 0 Å². The summed E-state index contributed by atoms with van der Waals surface area (Å²) in [6, 6.07) is 9.63. The number of hydrogen-bond acceptors (Lipinski definition) is 3. The summed E-state index contributed by atoms with van der Waals surface area (Å²) in [6.07, 6.45) is 7.22. The van der Waals surface area contributed by atoms with E-state index < -0.39 is 0 Å². The van der Waals surface area contributed by atoms with Crippen LogP contribution in [0.3, 0.4) is 0 Å². The molecule has 0 saturated heterocycles. The van der Waals surface area contributed by atoms with Crippen molar-refractivity contribution >= 4 is 12.0 Å². The Kier molecular flexibility index (Phi) is 5.01. The SMILES string of the molecule is COC(=Cc1ccccc1)C(=O)OC1CCCCC1. The van der Waals surface area contributed by atoms with Gasteiger partial charge in [0, 0.05) is 0 Å². The molecule has 0 aromatic heterocycles. The first-order chi connectivity index (χ1) is 9.29. The van der Waals surface area contributed by atoms with E-state index >= 15 is 0 Å². The summed E-state index contributed by atoms with van der Waals surface area (Å²) in [6.45, 7) is 0. The van der Waals surface area contributed by atoms with Crippen LogP contribution in [0.2, 0.25) is 0 Å². The van der Waals surface area contributed by atoms with Gasteiger partial charge in [0.2, 0.25) is 5.76 Å². The van der Waals surface area contributed by atoms with Crippen LogP contribution < -0.4 is 0 Å². The van der Waals surface area contributed by atoms with Crippen molar-refractivity contribution in [2.24, 2.45) is 0 Å². The summed E-state index contributed by atoms with van der Waals surface area (Å²) >= 11 is 0. The fraction of sp³-hybridized carbons (Fsp3) is 0.438. The molecule has 0 bridgehead atoms. The maximum Gasteiger partial charge on any atom is 0.373 e. The standard InChI is InChI=1S/C16H20O3/c1-18-15(12-13-8-4-2-5-9-13)16(17)19-14-10-6-3-7-11-14/h2,4-5,8-9,12,14H,3,6-7,10-11H2,1H3. The molecule has 0 aliphatic heterocycles. The Balaban J connectivity index is 2.00. The summed E-state index contributed by atoms with van der Waals surface area (Å²) < 4.78 is 10.6. The quantitative estimate of drug-likeness (QED) is 0.472. The Morgan fingerprint density at radius 3 is 2.47 bits per heavy atom. The minimum atomic E-state index is -0.363. The highest BCUT2D eigenvalue weighted by atomic mass is 16.6. The maximum atomic E-state index is 12.0. The molecule has 0 amide bonds. The first-order valence-electron chi connectivity index (χ1n) is 6.81. The lowest BCUT2D eigenvalue weighted by Gasteiger charge is -2.22. The van der Waals surface area contributed by atoms with Crippen LogP contribution in [-0.4, -0.2) is 19.2 Å². The summed E-state index contributed by atoms with van der Waals surface area (Å²) in [5.74, 6) is -0.102. The van der Waals surface area contributed by atoms with Gasteiger partial charge < -0.3 is 9.47 Å². The van der Waals surface area contributed by atoms with Crippen molar-refractivity contribution in [3.8, 4) is 0 Å². The van der Waals surface area contributed by atoms with Gasteiger partial charge >= 0.3 is 5.97 Å². The van der Waals surface area contributed by atoms with Crippen LogP contribution in [-0.2, 0) is 14.3 Å². The van der Waals surface area contributed by atoms with Gasteiger partial charge in [-0.3, -0.25) is 0 Å². The third-order valence-corrected chi connectivity index (χ3v) is 3.34. The zero-order chi connectivity index (χ0) is 13.5. The van der Waals surface area contributed by atoms with Crippen LogP contribution in [0.1, 0.15) is 37.7 Å². The van der Waals surface area contributed by atoms with E-state index in [-0.39, 0.29) is 17.8 Å². The number of hydrogen-bond donors (Lipinski definition) is 0. The molecule has 0 heterocycles. The van der Waals surface area contributed by atoms with Gasteiger partial charge in [0.1, 0.15) is 6.10 Å². The molecule has 3 nitrogen and oxygen atoms in total.